The summed E-state index contributed by atoms with van der Waals surface area (Å²) in [7, 11) is 1.63. The number of methoxy groups -OCH3 is 1. The summed E-state index contributed by atoms with van der Waals surface area (Å²) in [6.45, 7) is 4.58. The Hall–Kier alpha value is -2.10. The second-order valence-corrected chi connectivity index (χ2v) is 9.40. The number of fused-ring (bicyclic) bond motifs is 1. The molecule has 1 aromatic heterocycles. The molecular weight excluding hydrogens is 485 g/mol. The number of thiazole rings is 1. The van der Waals surface area contributed by atoms with Crippen molar-refractivity contribution in [3.05, 3.63) is 46.4 Å². The number of aromatic nitrogens is 1. The van der Waals surface area contributed by atoms with Crippen molar-refractivity contribution in [1.29, 1.82) is 0 Å². The molecule has 10 heteroatoms. The Kier molecular flexibility index (Phi) is 8.27. The van der Waals surface area contributed by atoms with E-state index < -0.39 is 0 Å². The molecule has 2 aromatic carbocycles. The minimum atomic E-state index is -0.186. The number of hydrogen-bond donors (Lipinski definition) is 0. The van der Waals surface area contributed by atoms with Gasteiger partial charge in [-0.05, 0) is 42.8 Å². The average Bonchev–Trinajstić information content (AvgIpc) is 3.24. The predicted octanol–water partition coefficient (Wildman–Crippen LogP) is 4.75. The first-order valence-corrected chi connectivity index (χ1v) is 12.2. The number of rotatable bonds is 9. The van der Waals surface area contributed by atoms with Crippen molar-refractivity contribution in [1.82, 2.24) is 9.88 Å². The van der Waals surface area contributed by atoms with Gasteiger partial charge in [0.1, 0.15) is 11.5 Å². The van der Waals surface area contributed by atoms with E-state index in [9.17, 15) is 4.79 Å². The van der Waals surface area contributed by atoms with Crippen molar-refractivity contribution in [3.8, 4) is 11.5 Å². The zero-order valence-corrected chi connectivity index (χ0v) is 20.6. The van der Waals surface area contributed by atoms with Crippen LogP contribution in [0.2, 0.25) is 10.0 Å². The normalized spacial score (nSPS) is 14.4. The molecule has 0 aliphatic carbocycles. The Labute approximate surface area is 206 Å². The molecule has 7 nitrogen and oxygen atoms in total. The Bertz CT molecular complexity index is 1100. The molecule has 1 aliphatic heterocycles. The Balaban J connectivity index is 1.49. The van der Waals surface area contributed by atoms with E-state index in [0.717, 1.165) is 55.2 Å². The second-order valence-electron chi connectivity index (χ2n) is 7.55. The number of hydrogen-bond acceptors (Lipinski definition) is 7. The van der Waals surface area contributed by atoms with Gasteiger partial charge in [0, 0.05) is 31.2 Å². The lowest BCUT2D eigenvalue weighted by atomic mass is 10.3. The van der Waals surface area contributed by atoms with Gasteiger partial charge in [0.05, 0.1) is 35.6 Å². The van der Waals surface area contributed by atoms with Crippen LogP contribution in [0.25, 0.3) is 10.2 Å². The standard InChI is InChI=1S/C23H25Cl2N3O4S/c1-30-17-4-5-19-21(14-17)33-23(26-19)28(8-2-7-27-9-11-31-12-10-27)22(29)15-32-20-6-3-16(24)13-18(20)25/h3-6,13-14H,2,7-12,15H2,1H3. The van der Waals surface area contributed by atoms with Crippen molar-refractivity contribution in [2.24, 2.45) is 0 Å². The zero-order chi connectivity index (χ0) is 23.2. The molecular formula is C23H25Cl2N3O4S. The minimum Gasteiger partial charge on any atom is -0.497 e. The zero-order valence-electron chi connectivity index (χ0n) is 18.3. The fraction of sp³-hybridized carbons (Fsp3) is 0.391. The monoisotopic (exact) mass is 509 g/mol. The molecule has 0 radical (unpaired) electrons. The third-order valence-corrected chi connectivity index (χ3v) is 6.89. The van der Waals surface area contributed by atoms with Gasteiger partial charge < -0.3 is 14.2 Å². The van der Waals surface area contributed by atoms with Gasteiger partial charge in [-0.1, -0.05) is 34.5 Å². The number of nitrogens with zero attached hydrogens (tertiary/aromatic N) is 3. The molecule has 0 saturated carbocycles. The number of morpholine rings is 1. The first kappa shape index (κ1) is 24.0. The molecule has 3 aromatic rings. The molecule has 0 unspecified atom stereocenters. The fourth-order valence-corrected chi connectivity index (χ4v) is 5.05. The Morgan fingerprint density at radius 2 is 2.03 bits per heavy atom. The van der Waals surface area contributed by atoms with E-state index in [4.69, 9.17) is 42.4 Å². The molecule has 1 saturated heterocycles. The van der Waals surface area contributed by atoms with Gasteiger partial charge in [-0.15, -0.1) is 0 Å². The number of amides is 1. The molecule has 0 bridgehead atoms. The van der Waals surface area contributed by atoms with E-state index in [1.54, 1.807) is 30.2 Å². The van der Waals surface area contributed by atoms with Gasteiger partial charge >= 0.3 is 0 Å². The maximum absolute atomic E-state index is 13.2. The summed E-state index contributed by atoms with van der Waals surface area (Å²) in [5.41, 5.74) is 0.823. The third kappa shape index (κ3) is 6.28. The summed E-state index contributed by atoms with van der Waals surface area (Å²) in [5.74, 6) is 0.981. The highest BCUT2D eigenvalue weighted by atomic mass is 35.5. The van der Waals surface area contributed by atoms with Crippen LogP contribution in [0.15, 0.2) is 36.4 Å². The van der Waals surface area contributed by atoms with Crippen LogP contribution in [-0.4, -0.2) is 68.9 Å². The van der Waals surface area contributed by atoms with E-state index in [1.807, 2.05) is 18.2 Å². The molecule has 1 amide bonds. The first-order valence-electron chi connectivity index (χ1n) is 10.7. The SMILES string of the molecule is COc1ccc2nc(N(CCCN3CCOCC3)C(=O)COc3ccc(Cl)cc3Cl)sc2c1. The summed E-state index contributed by atoms with van der Waals surface area (Å²) in [6, 6.07) is 10.6. The fourth-order valence-electron chi connectivity index (χ4n) is 3.55. The third-order valence-electron chi connectivity index (χ3n) is 5.32. The smallest absolute Gasteiger partial charge is 0.266 e. The van der Waals surface area contributed by atoms with Crippen LogP contribution in [-0.2, 0) is 9.53 Å². The highest BCUT2D eigenvalue weighted by Crippen LogP contribution is 2.32. The summed E-state index contributed by atoms with van der Waals surface area (Å²) in [6.07, 6.45) is 0.812. The minimum absolute atomic E-state index is 0.155. The number of halogens is 2. The summed E-state index contributed by atoms with van der Waals surface area (Å²) in [5, 5.41) is 1.51. The molecule has 4 rings (SSSR count). The maximum Gasteiger partial charge on any atom is 0.266 e. The predicted molar refractivity (Wildman–Crippen MR) is 132 cm³/mol. The molecule has 1 fully saturated rings. The topological polar surface area (TPSA) is 64.1 Å². The average molecular weight is 510 g/mol. The van der Waals surface area contributed by atoms with Crippen molar-refractivity contribution in [2.45, 2.75) is 6.42 Å². The van der Waals surface area contributed by atoms with E-state index in [0.29, 0.717) is 27.5 Å². The number of benzene rings is 2. The largest absolute Gasteiger partial charge is 0.497 e. The molecule has 33 heavy (non-hydrogen) atoms. The number of carbonyl (C=O) groups excluding carboxylic acids is 1. The lowest BCUT2D eigenvalue weighted by Gasteiger charge is -2.27. The van der Waals surface area contributed by atoms with Crippen molar-refractivity contribution >= 4 is 55.8 Å². The summed E-state index contributed by atoms with van der Waals surface area (Å²) >= 11 is 13.6. The van der Waals surface area contributed by atoms with Gasteiger partial charge in [0.25, 0.3) is 5.91 Å². The summed E-state index contributed by atoms with van der Waals surface area (Å²) in [4.78, 5) is 22.0. The second kappa shape index (κ2) is 11.4. The highest BCUT2D eigenvalue weighted by molar-refractivity contribution is 7.22. The number of anilines is 1. The molecule has 0 spiro atoms. The van der Waals surface area contributed by atoms with Gasteiger partial charge in [0.15, 0.2) is 11.7 Å². The Morgan fingerprint density at radius 3 is 2.79 bits per heavy atom. The van der Waals surface area contributed by atoms with E-state index in [1.165, 1.54) is 11.3 Å². The van der Waals surface area contributed by atoms with Crippen LogP contribution in [0.4, 0.5) is 5.13 Å². The van der Waals surface area contributed by atoms with Gasteiger partial charge in [0.2, 0.25) is 0 Å². The molecule has 0 atom stereocenters. The highest BCUT2D eigenvalue weighted by Gasteiger charge is 2.21. The molecule has 1 aliphatic rings. The van der Waals surface area contributed by atoms with Crippen molar-refractivity contribution < 1.29 is 19.0 Å². The van der Waals surface area contributed by atoms with Crippen LogP contribution >= 0.6 is 34.5 Å². The van der Waals surface area contributed by atoms with Crippen LogP contribution in [0.3, 0.4) is 0 Å². The van der Waals surface area contributed by atoms with Gasteiger partial charge in [-0.3, -0.25) is 14.6 Å². The lowest BCUT2D eigenvalue weighted by Crippen LogP contribution is -2.40. The number of ether oxygens (including phenoxy) is 3. The van der Waals surface area contributed by atoms with Gasteiger partial charge in [-0.2, -0.15) is 0 Å². The van der Waals surface area contributed by atoms with Crippen molar-refractivity contribution in [3.63, 3.8) is 0 Å². The van der Waals surface area contributed by atoms with E-state index in [-0.39, 0.29) is 12.5 Å². The lowest BCUT2D eigenvalue weighted by molar-refractivity contribution is -0.120. The Morgan fingerprint density at radius 1 is 1.21 bits per heavy atom. The van der Waals surface area contributed by atoms with E-state index >= 15 is 0 Å². The molecule has 2 heterocycles. The van der Waals surface area contributed by atoms with Gasteiger partial charge in [-0.25, -0.2) is 4.98 Å². The van der Waals surface area contributed by atoms with Crippen LogP contribution in [0.1, 0.15) is 6.42 Å². The van der Waals surface area contributed by atoms with E-state index in [2.05, 4.69) is 4.90 Å². The van der Waals surface area contributed by atoms with Crippen LogP contribution in [0.5, 0.6) is 11.5 Å². The van der Waals surface area contributed by atoms with Crippen LogP contribution < -0.4 is 14.4 Å². The van der Waals surface area contributed by atoms with Crippen molar-refractivity contribution in [2.75, 3.05) is 58.0 Å². The number of carbonyl (C=O) groups is 1. The molecule has 0 N–H and O–H groups in total. The first-order chi connectivity index (χ1) is 16.0. The van der Waals surface area contributed by atoms with Crippen LogP contribution in [0, 0.1) is 0 Å². The quantitative estimate of drug-likeness (QED) is 0.414. The molecule has 176 valence electrons. The summed E-state index contributed by atoms with van der Waals surface area (Å²) < 4.78 is 17.4. The maximum atomic E-state index is 13.2.